The molecule has 0 spiro atoms. The van der Waals surface area contributed by atoms with Crippen LogP contribution < -0.4 is 21.4 Å². The molecule has 4 amide bonds. The van der Waals surface area contributed by atoms with Crippen LogP contribution in [0.4, 0.5) is 9.59 Å². The Labute approximate surface area is 108 Å². The lowest BCUT2D eigenvalue weighted by molar-refractivity contribution is -0.0454. The Kier molecular flexibility index (Phi) is 3.64. The highest BCUT2D eigenvalue weighted by atomic mass is 28.4. The van der Waals surface area contributed by atoms with Crippen LogP contribution in [0.5, 0.6) is 0 Å². The molecule has 8 heteroatoms. The average Bonchev–Trinajstić information content (AvgIpc) is 2.09. The first-order chi connectivity index (χ1) is 8.00. The third kappa shape index (κ3) is 2.93. The highest BCUT2D eigenvalue weighted by molar-refractivity contribution is 6.73. The maximum Gasteiger partial charge on any atom is 0.421 e. The lowest BCUT2D eigenvalue weighted by Crippen LogP contribution is -2.75. The first-order valence-electron chi connectivity index (χ1n) is 5.85. The summed E-state index contributed by atoms with van der Waals surface area (Å²) in [5, 5.41) is 0. The van der Waals surface area contributed by atoms with Crippen molar-refractivity contribution in [2.24, 2.45) is 16.9 Å². The first-order valence-corrected chi connectivity index (χ1v) is 7.97. The summed E-state index contributed by atoms with van der Waals surface area (Å²) in [6.45, 7) is 8.03. The van der Waals surface area contributed by atoms with E-state index in [1.165, 1.54) is 0 Å². The third-order valence-corrected chi connectivity index (χ3v) is 6.92. The smallest absolute Gasteiger partial charge is 0.377 e. The summed E-state index contributed by atoms with van der Waals surface area (Å²) in [4.78, 5) is 27.3. The Hall–Kier alpha value is -1.28. The van der Waals surface area contributed by atoms with Gasteiger partial charge >= 0.3 is 20.7 Å². The van der Waals surface area contributed by atoms with Gasteiger partial charge in [-0.25, -0.2) is 9.59 Å². The Morgan fingerprint density at radius 3 is 1.89 bits per heavy atom. The van der Waals surface area contributed by atoms with Gasteiger partial charge < -0.3 is 25.9 Å². The molecule has 0 bridgehead atoms. The Morgan fingerprint density at radius 1 is 1.11 bits per heavy atom. The number of carbonyl (C=O) groups excluding carboxylic acids is 2. The van der Waals surface area contributed by atoms with E-state index < -0.39 is 26.3 Å². The molecule has 1 heterocycles. The zero-order chi connectivity index (χ0) is 14.2. The third-order valence-electron chi connectivity index (χ3n) is 3.81. The maximum atomic E-state index is 11.1. The van der Waals surface area contributed by atoms with E-state index in [0.29, 0.717) is 6.04 Å². The molecule has 1 fully saturated rings. The summed E-state index contributed by atoms with van der Waals surface area (Å²) in [6, 6.07) is -0.896. The average molecular weight is 274 g/mol. The summed E-state index contributed by atoms with van der Waals surface area (Å²) in [5.41, 5.74) is 9.74. The molecular formula is C10H22N4O3Si. The van der Waals surface area contributed by atoms with E-state index in [1.807, 2.05) is 13.8 Å². The Bertz CT molecular complexity index is 354. The number of rotatable bonds is 2. The van der Waals surface area contributed by atoms with E-state index in [0.717, 1.165) is 6.42 Å². The van der Waals surface area contributed by atoms with Crippen LogP contribution in [0.3, 0.4) is 0 Å². The number of nitrogens with two attached hydrogens (primary N) is 2. The topological polar surface area (TPSA) is 119 Å². The maximum absolute atomic E-state index is 11.1. The van der Waals surface area contributed by atoms with Crippen molar-refractivity contribution >= 4 is 20.7 Å². The van der Waals surface area contributed by atoms with Crippen LogP contribution in [0.1, 0.15) is 34.1 Å². The lowest BCUT2D eigenvalue weighted by Gasteiger charge is -2.52. The van der Waals surface area contributed by atoms with Gasteiger partial charge in [-0.2, -0.15) is 0 Å². The molecule has 7 nitrogen and oxygen atoms in total. The standard InChI is InChI=1S/C10H22N4O3Si/c1-9(2)5-6-18(13-7(11)15,14-8(12)16)17-10(9,3)4/h5-6H2,1-4H3,(H3,11,13,15)(H3,12,14,16). The molecule has 0 aromatic rings. The molecule has 104 valence electrons. The molecule has 0 unspecified atom stereocenters. The van der Waals surface area contributed by atoms with Crippen LogP contribution in [-0.4, -0.2) is 26.3 Å². The largest absolute Gasteiger partial charge is 0.421 e. The molecule has 1 aliphatic rings. The number of hydrogen-bond donors (Lipinski definition) is 4. The molecule has 1 aliphatic heterocycles. The van der Waals surface area contributed by atoms with E-state index in [-0.39, 0.29) is 5.41 Å². The summed E-state index contributed by atoms with van der Waals surface area (Å²) in [7, 11) is -2.98. The van der Waals surface area contributed by atoms with Gasteiger partial charge in [-0.05, 0) is 25.7 Å². The number of hydrogen-bond acceptors (Lipinski definition) is 3. The minimum atomic E-state index is -2.98. The molecule has 0 aromatic carbocycles. The minimum absolute atomic E-state index is 0.0673. The Balaban J connectivity index is 3.00. The minimum Gasteiger partial charge on any atom is -0.377 e. The van der Waals surface area contributed by atoms with Crippen molar-refractivity contribution in [1.82, 2.24) is 9.96 Å². The second-order valence-corrected chi connectivity index (χ2v) is 8.66. The fourth-order valence-electron chi connectivity index (χ4n) is 2.02. The van der Waals surface area contributed by atoms with Crippen molar-refractivity contribution in [3.8, 4) is 0 Å². The molecule has 0 aromatic heterocycles. The SMILES string of the molecule is CC1(C)CC[Si](NC(N)=O)(NC(N)=O)OC1(C)C. The van der Waals surface area contributed by atoms with Gasteiger partial charge in [0.2, 0.25) is 0 Å². The summed E-state index contributed by atoms with van der Waals surface area (Å²) in [5.74, 6) is 0. The predicted molar refractivity (Wildman–Crippen MR) is 69.6 cm³/mol. The van der Waals surface area contributed by atoms with Gasteiger partial charge in [0, 0.05) is 6.04 Å². The van der Waals surface area contributed by atoms with Crippen molar-refractivity contribution in [2.75, 3.05) is 0 Å². The highest BCUT2D eigenvalue weighted by Crippen LogP contribution is 2.44. The van der Waals surface area contributed by atoms with E-state index >= 15 is 0 Å². The number of primary amides is 2. The molecule has 1 saturated heterocycles. The van der Waals surface area contributed by atoms with E-state index in [9.17, 15) is 9.59 Å². The van der Waals surface area contributed by atoms with Crippen LogP contribution >= 0.6 is 0 Å². The van der Waals surface area contributed by atoms with Crippen LogP contribution in [0.15, 0.2) is 0 Å². The number of amides is 4. The van der Waals surface area contributed by atoms with Gasteiger partial charge in [0.1, 0.15) is 0 Å². The van der Waals surface area contributed by atoms with Crippen molar-refractivity contribution in [3.63, 3.8) is 0 Å². The molecule has 1 rings (SSSR count). The zero-order valence-electron chi connectivity index (χ0n) is 11.3. The fraction of sp³-hybridized carbons (Fsp3) is 0.800. The van der Waals surface area contributed by atoms with Crippen LogP contribution in [0, 0.1) is 5.41 Å². The van der Waals surface area contributed by atoms with Crippen LogP contribution in [-0.2, 0) is 4.43 Å². The fourth-order valence-corrected chi connectivity index (χ4v) is 5.46. The first kappa shape index (κ1) is 14.8. The van der Waals surface area contributed by atoms with Crippen molar-refractivity contribution in [3.05, 3.63) is 0 Å². The summed E-state index contributed by atoms with van der Waals surface area (Å²) < 4.78 is 6.01. The van der Waals surface area contributed by atoms with Crippen molar-refractivity contribution < 1.29 is 14.0 Å². The monoisotopic (exact) mass is 274 g/mol. The molecule has 18 heavy (non-hydrogen) atoms. The Morgan fingerprint density at radius 2 is 1.56 bits per heavy atom. The molecule has 0 atom stereocenters. The molecule has 6 N–H and O–H groups in total. The normalized spacial score (nSPS) is 24.0. The zero-order valence-corrected chi connectivity index (χ0v) is 12.3. The van der Waals surface area contributed by atoms with E-state index in [4.69, 9.17) is 15.9 Å². The number of nitrogens with one attached hydrogen (secondary N) is 2. The van der Waals surface area contributed by atoms with Gasteiger partial charge in [-0.1, -0.05) is 13.8 Å². The van der Waals surface area contributed by atoms with Crippen LogP contribution in [0.2, 0.25) is 6.04 Å². The number of carbonyl (C=O) groups is 2. The molecule has 0 aliphatic carbocycles. The van der Waals surface area contributed by atoms with E-state index in [2.05, 4.69) is 23.8 Å². The van der Waals surface area contributed by atoms with Crippen LogP contribution in [0.25, 0.3) is 0 Å². The predicted octanol–water partition coefficient (Wildman–Crippen LogP) is 0.487. The van der Waals surface area contributed by atoms with Crippen molar-refractivity contribution in [2.45, 2.75) is 45.8 Å². The molecular weight excluding hydrogens is 252 g/mol. The molecule has 0 radical (unpaired) electrons. The van der Waals surface area contributed by atoms with Crippen molar-refractivity contribution in [1.29, 1.82) is 0 Å². The van der Waals surface area contributed by atoms with E-state index in [1.54, 1.807) is 0 Å². The second kappa shape index (κ2) is 4.43. The van der Waals surface area contributed by atoms with Gasteiger partial charge in [0.05, 0.1) is 5.60 Å². The highest BCUT2D eigenvalue weighted by Gasteiger charge is 2.54. The number of urea groups is 2. The molecule has 0 saturated carbocycles. The van der Waals surface area contributed by atoms with Gasteiger partial charge in [0.15, 0.2) is 0 Å². The van der Waals surface area contributed by atoms with Gasteiger partial charge in [0.25, 0.3) is 0 Å². The van der Waals surface area contributed by atoms with Gasteiger partial charge in [-0.3, -0.25) is 0 Å². The second-order valence-electron chi connectivity index (χ2n) is 5.80. The van der Waals surface area contributed by atoms with Gasteiger partial charge in [-0.15, -0.1) is 0 Å². The quantitative estimate of drug-likeness (QED) is 0.548. The summed E-state index contributed by atoms with van der Waals surface area (Å²) in [6.07, 6.45) is 0.798. The lowest BCUT2D eigenvalue weighted by atomic mass is 9.75. The summed E-state index contributed by atoms with van der Waals surface area (Å²) >= 11 is 0.